The summed E-state index contributed by atoms with van der Waals surface area (Å²) in [5.41, 5.74) is 3.25. The number of aromatic nitrogens is 3. The van der Waals surface area contributed by atoms with E-state index in [0.29, 0.717) is 5.92 Å². The molecule has 0 saturated carbocycles. The van der Waals surface area contributed by atoms with Crippen molar-refractivity contribution in [2.45, 2.75) is 72.8 Å². The molecule has 0 aromatic carbocycles. The summed E-state index contributed by atoms with van der Waals surface area (Å²) in [7, 11) is 0. The van der Waals surface area contributed by atoms with E-state index in [1.54, 1.807) is 0 Å². The number of hydrogen-bond donors (Lipinski definition) is 0. The maximum absolute atomic E-state index is 13.4. The van der Waals surface area contributed by atoms with Crippen molar-refractivity contribution in [1.29, 1.82) is 0 Å². The van der Waals surface area contributed by atoms with E-state index in [0.717, 1.165) is 53.9 Å². The summed E-state index contributed by atoms with van der Waals surface area (Å²) in [6.45, 7) is 16.5. The van der Waals surface area contributed by atoms with E-state index < -0.39 is 0 Å². The largest absolute Gasteiger partial charge is 0.339 e. The molecule has 2 aromatic heterocycles. The van der Waals surface area contributed by atoms with Gasteiger partial charge in [0, 0.05) is 18.8 Å². The molecule has 1 saturated heterocycles. The summed E-state index contributed by atoms with van der Waals surface area (Å²) in [6.07, 6.45) is 2.16. The first-order chi connectivity index (χ1) is 12.1. The Bertz CT molecular complexity index is 821. The monoisotopic (exact) mass is 356 g/mol. The van der Waals surface area contributed by atoms with Crippen LogP contribution in [0.15, 0.2) is 6.07 Å². The Morgan fingerprint density at radius 3 is 2.38 bits per heavy atom. The van der Waals surface area contributed by atoms with Crippen molar-refractivity contribution in [3.05, 3.63) is 23.0 Å². The lowest BCUT2D eigenvalue weighted by Crippen LogP contribution is -2.38. The van der Waals surface area contributed by atoms with Crippen LogP contribution in [-0.2, 0) is 5.54 Å². The van der Waals surface area contributed by atoms with Gasteiger partial charge in [-0.3, -0.25) is 4.79 Å². The first-order valence-corrected chi connectivity index (χ1v) is 9.79. The molecule has 1 aliphatic rings. The van der Waals surface area contributed by atoms with Crippen molar-refractivity contribution in [1.82, 2.24) is 19.7 Å². The van der Waals surface area contributed by atoms with Crippen molar-refractivity contribution in [3.63, 3.8) is 0 Å². The standard InChI is InChI=1S/C21H32N4O/c1-13(2)17-12-16(20(26)24-10-8-14(3)9-11-24)18-15(4)23-25(19(18)22-17)21(5,6)7/h12-14H,8-11H2,1-7H3. The second-order valence-electron chi connectivity index (χ2n) is 9.09. The molecule has 0 spiro atoms. The molecule has 3 rings (SSSR count). The van der Waals surface area contributed by atoms with Gasteiger partial charge in [-0.15, -0.1) is 0 Å². The fourth-order valence-corrected chi connectivity index (χ4v) is 3.62. The molecule has 0 N–H and O–H groups in total. The third-order valence-corrected chi connectivity index (χ3v) is 5.36. The van der Waals surface area contributed by atoms with Crippen molar-refractivity contribution in [3.8, 4) is 0 Å². The highest BCUT2D eigenvalue weighted by Crippen LogP contribution is 2.30. The fourth-order valence-electron chi connectivity index (χ4n) is 3.62. The minimum atomic E-state index is -0.185. The summed E-state index contributed by atoms with van der Waals surface area (Å²) >= 11 is 0. The van der Waals surface area contributed by atoms with Gasteiger partial charge in [-0.05, 0) is 58.4 Å². The summed E-state index contributed by atoms with van der Waals surface area (Å²) in [4.78, 5) is 20.3. The number of fused-ring (bicyclic) bond motifs is 1. The van der Waals surface area contributed by atoms with Crippen LogP contribution in [-0.4, -0.2) is 38.7 Å². The average Bonchev–Trinajstić information content (AvgIpc) is 2.91. The van der Waals surface area contributed by atoms with E-state index in [1.165, 1.54) is 0 Å². The highest BCUT2D eigenvalue weighted by atomic mass is 16.2. The number of likely N-dealkylation sites (tertiary alicyclic amines) is 1. The van der Waals surface area contributed by atoms with Gasteiger partial charge in [0.05, 0.1) is 22.2 Å². The van der Waals surface area contributed by atoms with Crippen LogP contribution in [0.5, 0.6) is 0 Å². The number of piperidine rings is 1. The predicted molar refractivity (Wildman–Crippen MR) is 106 cm³/mol. The van der Waals surface area contributed by atoms with Crippen LogP contribution < -0.4 is 0 Å². The molecule has 0 atom stereocenters. The first-order valence-electron chi connectivity index (χ1n) is 9.79. The molecule has 0 bridgehead atoms. The number of carbonyl (C=O) groups excluding carboxylic acids is 1. The number of carbonyl (C=O) groups is 1. The molecule has 0 unspecified atom stereocenters. The van der Waals surface area contributed by atoms with Crippen LogP contribution in [0.1, 0.15) is 82.0 Å². The Labute approximate surface area is 156 Å². The van der Waals surface area contributed by atoms with Crippen LogP contribution in [0.25, 0.3) is 11.0 Å². The minimum absolute atomic E-state index is 0.128. The van der Waals surface area contributed by atoms with E-state index in [2.05, 4.69) is 41.5 Å². The topological polar surface area (TPSA) is 51.0 Å². The van der Waals surface area contributed by atoms with Crippen molar-refractivity contribution >= 4 is 16.9 Å². The smallest absolute Gasteiger partial charge is 0.254 e. The highest BCUT2D eigenvalue weighted by molar-refractivity contribution is 6.06. The number of amides is 1. The number of hydrogen-bond acceptors (Lipinski definition) is 3. The SMILES string of the molecule is Cc1nn(C(C)(C)C)c2nc(C(C)C)cc(C(=O)N3CCC(C)CC3)c12. The lowest BCUT2D eigenvalue weighted by atomic mass is 9.97. The molecular formula is C21H32N4O. The van der Waals surface area contributed by atoms with Gasteiger partial charge in [0.1, 0.15) is 0 Å². The molecular weight excluding hydrogens is 324 g/mol. The Morgan fingerprint density at radius 2 is 1.85 bits per heavy atom. The molecule has 5 nitrogen and oxygen atoms in total. The lowest BCUT2D eigenvalue weighted by molar-refractivity contribution is 0.0699. The zero-order valence-corrected chi connectivity index (χ0v) is 17.3. The molecule has 0 radical (unpaired) electrons. The second kappa shape index (κ2) is 6.67. The summed E-state index contributed by atoms with van der Waals surface area (Å²) in [5, 5.41) is 5.66. The van der Waals surface area contributed by atoms with Crippen LogP contribution in [0.4, 0.5) is 0 Å². The third kappa shape index (κ3) is 3.36. The van der Waals surface area contributed by atoms with Gasteiger partial charge in [-0.2, -0.15) is 5.10 Å². The Balaban J connectivity index is 2.17. The van der Waals surface area contributed by atoms with E-state index in [9.17, 15) is 4.79 Å². The number of aryl methyl sites for hydroxylation is 1. The molecule has 1 fully saturated rings. The highest BCUT2D eigenvalue weighted by Gasteiger charge is 2.28. The molecule has 5 heteroatoms. The van der Waals surface area contributed by atoms with E-state index >= 15 is 0 Å². The Morgan fingerprint density at radius 1 is 1.23 bits per heavy atom. The number of nitrogens with zero attached hydrogens (tertiary/aromatic N) is 4. The summed E-state index contributed by atoms with van der Waals surface area (Å²) in [6, 6.07) is 2.00. The zero-order chi connectivity index (χ0) is 19.2. The van der Waals surface area contributed by atoms with Gasteiger partial charge >= 0.3 is 0 Å². The lowest BCUT2D eigenvalue weighted by Gasteiger charge is -2.30. The molecule has 0 aliphatic carbocycles. The van der Waals surface area contributed by atoms with Gasteiger partial charge < -0.3 is 4.90 Å². The van der Waals surface area contributed by atoms with Crippen LogP contribution in [0, 0.1) is 12.8 Å². The van der Waals surface area contributed by atoms with Crippen LogP contribution in [0.3, 0.4) is 0 Å². The average molecular weight is 357 g/mol. The maximum Gasteiger partial charge on any atom is 0.254 e. The number of pyridine rings is 1. The molecule has 1 amide bonds. The molecule has 26 heavy (non-hydrogen) atoms. The van der Waals surface area contributed by atoms with Crippen LogP contribution >= 0.6 is 0 Å². The first kappa shape index (κ1) is 18.9. The zero-order valence-electron chi connectivity index (χ0n) is 17.3. The van der Waals surface area contributed by atoms with Gasteiger partial charge in [-0.1, -0.05) is 20.8 Å². The van der Waals surface area contributed by atoms with Gasteiger partial charge in [0.25, 0.3) is 5.91 Å². The van der Waals surface area contributed by atoms with Crippen molar-refractivity contribution in [2.75, 3.05) is 13.1 Å². The molecule has 142 valence electrons. The van der Waals surface area contributed by atoms with Gasteiger partial charge in [0.15, 0.2) is 5.65 Å². The second-order valence-corrected chi connectivity index (χ2v) is 9.09. The molecule has 2 aromatic rings. The Hall–Kier alpha value is -1.91. The van der Waals surface area contributed by atoms with Gasteiger partial charge in [-0.25, -0.2) is 9.67 Å². The Kier molecular flexibility index (Phi) is 4.84. The van der Waals surface area contributed by atoms with E-state index in [4.69, 9.17) is 10.1 Å². The van der Waals surface area contributed by atoms with E-state index in [-0.39, 0.29) is 17.4 Å². The van der Waals surface area contributed by atoms with Crippen molar-refractivity contribution in [2.24, 2.45) is 5.92 Å². The van der Waals surface area contributed by atoms with Crippen molar-refractivity contribution < 1.29 is 4.79 Å². The van der Waals surface area contributed by atoms with Crippen LogP contribution in [0.2, 0.25) is 0 Å². The maximum atomic E-state index is 13.4. The van der Waals surface area contributed by atoms with E-state index in [1.807, 2.05) is 22.6 Å². The fraction of sp³-hybridized carbons (Fsp3) is 0.667. The third-order valence-electron chi connectivity index (χ3n) is 5.36. The summed E-state index contributed by atoms with van der Waals surface area (Å²) in [5.74, 6) is 1.09. The quantitative estimate of drug-likeness (QED) is 0.796. The molecule has 3 heterocycles. The van der Waals surface area contributed by atoms with Gasteiger partial charge in [0.2, 0.25) is 0 Å². The number of rotatable bonds is 2. The summed E-state index contributed by atoms with van der Waals surface area (Å²) < 4.78 is 1.97. The predicted octanol–water partition coefficient (Wildman–Crippen LogP) is 4.49. The molecule has 1 aliphatic heterocycles. The normalized spacial score (nSPS) is 16.7. The minimum Gasteiger partial charge on any atom is -0.339 e.